The first-order valence-corrected chi connectivity index (χ1v) is 11.5. The first kappa shape index (κ1) is 25.4. The SMILES string of the molecule is CCC(=O)NC1=CN(C)NC1Nc1ccc(/C=C(\C)C2=CC(Cl)C(OC)=CC(OC)=C2C)cn1. The molecule has 2 aliphatic rings. The number of nitrogens with zero attached hydrogens (tertiary/aromatic N) is 2. The van der Waals surface area contributed by atoms with Crippen LogP contribution in [0.25, 0.3) is 6.08 Å². The Labute approximate surface area is 206 Å². The van der Waals surface area contributed by atoms with E-state index in [0.717, 1.165) is 28.0 Å². The predicted molar refractivity (Wildman–Crippen MR) is 135 cm³/mol. The third-order valence-electron chi connectivity index (χ3n) is 5.56. The number of hydrogen-bond acceptors (Lipinski definition) is 7. The van der Waals surface area contributed by atoms with Crippen LogP contribution in [0.4, 0.5) is 5.82 Å². The van der Waals surface area contributed by atoms with Gasteiger partial charge in [0.1, 0.15) is 28.9 Å². The van der Waals surface area contributed by atoms with E-state index in [0.29, 0.717) is 23.8 Å². The topological polar surface area (TPSA) is 87.8 Å². The van der Waals surface area contributed by atoms with E-state index in [4.69, 9.17) is 21.1 Å². The molecule has 8 nitrogen and oxygen atoms in total. The average Bonchev–Trinajstić information content (AvgIpc) is 3.10. The molecule has 1 aromatic heterocycles. The maximum absolute atomic E-state index is 11.8. The number of ether oxygens (including phenoxy) is 2. The third-order valence-corrected chi connectivity index (χ3v) is 5.90. The van der Waals surface area contributed by atoms with Crippen molar-refractivity contribution in [2.45, 2.75) is 38.7 Å². The highest BCUT2D eigenvalue weighted by atomic mass is 35.5. The number of amides is 1. The molecule has 9 heteroatoms. The van der Waals surface area contributed by atoms with E-state index in [1.54, 1.807) is 25.4 Å². The quantitative estimate of drug-likeness (QED) is 0.479. The Morgan fingerprint density at radius 3 is 2.71 bits per heavy atom. The predicted octanol–water partition coefficient (Wildman–Crippen LogP) is 4.04. The van der Waals surface area contributed by atoms with Crippen LogP contribution in [0.15, 0.2) is 70.6 Å². The molecule has 34 heavy (non-hydrogen) atoms. The molecule has 0 aromatic carbocycles. The fourth-order valence-electron chi connectivity index (χ4n) is 3.72. The second-order valence-corrected chi connectivity index (χ2v) is 8.50. The molecule has 0 saturated heterocycles. The number of pyridine rings is 1. The molecule has 0 radical (unpaired) electrons. The average molecular weight is 486 g/mol. The second kappa shape index (κ2) is 11.3. The van der Waals surface area contributed by atoms with Gasteiger partial charge in [-0.2, -0.15) is 0 Å². The summed E-state index contributed by atoms with van der Waals surface area (Å²) in [4.78, 5) is 16.3. The summed E-state index contributed by atoms with van der Waals surface area (Å²) in [5.41, 5.74) is 7.89. The number of nitrogens with one attached hydrogen (secondary N) is 3. The summed E-state index contributed by atoms with van der Waals surface area (Å²) in [5, 5.41) is 7.60. The Kier molecular flexibility index (Phi) is 8.41. The van der Waals surface area contributed by atoms with Gasteiger partial charge in [-0.3, -0.25) is 4.79 Å². The lowest BCUT2D eigenvalue weighted by atomic mass is 9.97. The molecule has 1 amide bonds. The van der Waals surface area contributed by atoms with Crippen molar-refractivity contribution in [3.8, 4) is 0 Å². The number of aromatic nitrogens is 1. The molecule has 3 N–H and O–H groups in total. The second-order valence-electron chi connectivity index (χ2n) is 8.03. The molecule has 1 aliphatic carbocycles. The summed E-state index contributed by atoms with van der Waals surface area (Å²) < 4.78 is 11.0. The van der Waals surface area contributed by atoms with Crippen LogP contribution in [0.2, 0.25) is 0 Å². The molecule has 2 heterocycles. The van der Waals surface area contributed by atoms with Crippen molar-refractivity contribution < 1.29 is 14.3 Å². The molecular weight excluding hydrogens is 454 g/mol. The van der Waals surface area contributed by atoms with Gasteiger partial charge < -0.3 is 25.1 Å². The highest BCUT2D eigenvalue weighted by molar-refractivity contribution is 6.23. The lowest BCUT2D eigenvalue weighted by Gasteiger charge is -2.19. The zero-order valence-electron chi connectivity index (χ0n) is 20.4. The lowest BCUT2D eigenvalue weighted by Crippen LogP contribution is -2.42. The van der Waals surface area contributed by atoms with Gasteiger partial charge in [0.2, 0.25) is 5.91 Å². The first-order chi connectivity index (χ1) is 16.2. The molecule has 3 rings (SSSR count). The fourth-order valence-corrected chi connectivity index (χ4v) is 4.00. The fraction of sp³-hybridized carbons (Fsp3) is 0.360. The van der Waals surface area contributed by atoms with E-state index in [-0.39, 0.29) is 12.1 Å². The van der Waals surface area contributed by atoms with E-state index < -0.39 is 5.38 Å². The van der Waals surface area contributed by atoms with Gasteiger partial charge >= 0.3 is 0 Å². The van der Waals surface area contributed by atoms with E-state index >= 15 is 0 Å². The normalized spacial score (nSPS) is 20.9. The van der Waals surface area contributed by atoms with Gasteiger partial charge in [-0.05, 0) is 54.3 Å². The van der Waals surface area contributed by atoms with Crippen LogP contribution in [0.5, 0.6) is 0 Å². The summed E-state index contributed by atoms with van der Waals surface area (Å²) in [6, 6.07) is 3.88. The Balaban J connectivity index is 1.77. The summed E-state index contributed by atoms with van der Waals surface area (Å²) in [7, 11) is 5.10. The Morgan fingerprint density at radius 2 is 2.09 bits per heavy atom. The van der Waals surface area contributed by atoms with Crippen LogP contribution in [0, 0.1) is 0 Å². The number of anilines is 1. The van der Waals surface area contributed by atoms with Crippen molar-refractivity contribution in [1.29, 1.82) is 0 Å². The number of rotatable bonds is 8. The number of halogens is 1. The molecule has 0 saturated carbocycles. The van der Waals surface area contributed by atoms with Crippen molar-refractivity contribution >= 4 is 29.4 Å². The number of hydrogen-bond donors (Lipinski definition) is 3. The molecule has 0 fully saturated rings. The van der Waals surface area contributed by atoms with Crippen LogP contribution in [0.3, 0.4) is 0 Å². The van der Waals surface area contributed by atoms with Crippen molar-refractivity contribution in [3.05, 3.63) is 76.2 Å². The highest BCUT2D eigenvalue weighted by Crippen LogP contribution is 2.31. The van der Waals surface area contributed by atoms with E-state index in [9.17, 15) is 4.79 Å². The Hall–Kier alpha value is -3.23. The molecule has 2 unspecified atom stereocenters. The minimum atomic E-state index is -0.400. The Morgan fingerprint density at radius 1 is 1.32 bits per heavy atom. The Bertz CT molecular complexity index is 1070. The number of carbonyl (C=O) groups excluding carboxylic acids is 1. The lowest BCUT2D eigenvalue weighted by molar-refractivity contribution is -0.120. The number of alkyl halides is 1. The molecule has 1 aromatic rings. The summed E-state index contributed by atoms with van der Waals surface area (Å²) in [6.45, 7) is 5.85. The minimum Gasteiger partial charge on any atom is -0.499 e. The van der Waals surface area contributed by atoms with Gasteiger partial charge in [0, 0.05) is 31.9 Å². The van der Waals surface area contributed by atoms with Gasteiger partial charge in [-0.1, -0.05) is 13.0 Å². The molecular formula is C25H32ClN5O3. The van der Waals surface area contributed by atoms with E-state index in [1.807, 2.05) is 58.3 Å². The summed E-state index contributed by atoms with van der Waals surface area (Å²) in [6.07, 6.45) is 9.61. The van der Waals surface area contributed by atoms with E-state index in [1.165, 1.54) is 0 Å². The number of hydrazine groups is 1. The standard InChI is InChI=1S/C25H32ClN5O3/c1-7-24(32)28-20-14-31(4)30-25(20)29-23-9-8-17(13-27-23)10-15(2)18-11-19(26)22(34-6)12-21(33-5)16(18)3/h8-14,19,25,30H,7H2,1-6H3,(H,27,29)(H,28,32)/b15-10+. The van der Waals surface area contributed by atoms with Crippen LogP contribution >= 0.6 is 11.6 Å². The number of methoxy groups -OCH3 is 2. The largest absolute Gasteiger partial charge is 0.499 e. The maximum Gasteiger partial charge on any atom is 0.223 e. The summed E-state index contributed by atoms with van der Waals surface area (Å²) in [5.74, 6) is 1.98. The van der Waals surface area contributed by atoms with E-state index in [2.05, 4.69) is 27.1 Å². The first-order valence-electron chi connectivity index (χ1n) is 11.0. The van der Waals surface area contributed by atoms with Crippen molar-refractivity contribution in [2.75, 3.05) is 26.6 Å². The number of carbonyl (C=O) groups is 1. The molecule has 2 atom stereocenters. The van der Waals surface area contributed by atoms with Crippen LogP contribution in [-0.2, 0) is 14.3 Å². The minimum absolute atomic E-state index is 0.0418. The maximum atomic E-state index is 11.8. The molecule has 0 spiro atoms. The van der Waals surface area contributed by atoms with Crippen molar-refractivity contribution in [3.63, 3.8) is 0 Å². The van der Waals surface area contributed by atoms with Gasteiger partial charge in [-0.25, -0.2) is 10.4 Å². The molecule has 1 aliphatic heterocycles. The van der Waals surface area contributed by atoms with Gasteiger partial charge in [0.15, 0.2) is 0 Å². The van der Waals surface area contributed by atoms with Gasteiger partial charge in [0.05, 0.1) is 19.9 Å². The molecule has 182 valence electrons. The van der Waals surface area contributed by atoms with Crippen LogP contribution < -0.4 is 16.1 Å². The molecule has 0 bridgehead atoms. The van der Waals surface area contributed by atoms with Crippen molar-refractivity contribution in [2.24, 2.45) is 0 Å². The van der Waals surface area contributed by atoms with Crippen LogP contribution in [0.1, 0.15) is 32.8 Å². The summed E-state index contributed by atoms with van der Waals surface area (Å²) >= 11 is 6.54. The third kappa shape index (κ3) is 6.01. The highest BCUT2D eigenvalue weighted by Gasteiger charge is 2.23. The zero-order valence-corrected chi connectivity index (χ0v) is 21.2. The van der Waals surface area contributed by atoms with Gasteiger partial charge in [-0.15, -0.1) is 11.6 Å². The van der Waals surface area contributed by atoms with Crippen LogP contribution in [-0.4, -0.2) is 48.7 Å². The number of allylic oxidation sites excluding steroid dienone is 5. The van der Waals surface area contributed by atoms with Gasteiger partial charge in [0.25, 0.3) is 0 Å². The van der Waals surface area contributed by atoms with Crippen molar-refractivity contribution in [1.82, 2.24) is 20.7 Å². The zero-order chi connectivity index (χ0) is 24.8. The monoisotopic (exact) mass is 485 g/mol. The smallest absolute Gasteiger partial charge is 0.223 e.